The van der Waals surface area contributed by atoms with Gasteiger partial charge in [-0.2, -0.15) is 0 Å². The van der Waals surface area contributed by atoms with Crippen LogP contribution in [0.25, 0.3) is 0 Å². The maximum Gasteiger partial charge on any atom is 0.268 e. The lowest BCUT2D eigenvalue weighted by Gasteiger charge is -2.30. The highest BCUT2D eigenvalue weighted by Crippen LogP contribution is 2.33. The van der Waals surface area contributed by atoms with Crippen molar-refractivity contribution in [2.75, 3.05) is 17.2 Å². The normalized spacial score (nSPS) is 13.0. The number of nitrogens with zero attached hydrogens (tertiary/aromatic N) is 1. The molecule has 0 spiro atoms. The average Bonchev–Trinajstić information content (AvgIpc) is 3.01. The third-order valence-electron chi connectivity index (χ3n) is 3.92. The van der Waals surface area contributed by atoms with Crippen LogP contribution in [0.2, 0.25) is 0 Å². The monoisotopic (exact) mass is 365 g/mol. The number of benzene rings is 1. The molecule has 1 aromatic carbocycles. The number of rotatable bonds is 3. The molecular weight excluding hydrogens is 346 g/mol. The molecule has 0 aliphatic carbocycles. The Labute approximate surface area is 151 Å². The van der Waals surface area contributed by atoms with Crippen molar-refractivity contribution in [3.8, 4) is 0 Å². The van der Waals surface area contributed by atoms with Gasteiger partial charge in [0, 0.05) is 29.7 Å². The molecule has 0 saturated heterocycles. The first-order valence-corrected chi connectivity index (χ1v) is 8.40. The van der Waals surface area contributed by atoms with E-state index < -0.39 is 0 Å². The van der Waals surface area contributed by atoms with Crippen molar-refractivity contribution in [1.29, 1.82) is 0 Å². The lowest BCUT2D eigenvalue weighted by molar-refractivity contribution is -0.119. The third kappa shape index (κ3) is 3.71. The molecule has 7 heteroatoms. The van der Waals surface area contributed by atoms with Crippen LogP contribution in [0.4, 0.5) is 11.4 Å². The van der Waals surface area contributed by atoms with Gasteiger partial charge in [0.25, 0.3) is 5.91 Å². The highest BCUT2D eigenvalue weighted by molar-refractivity contribution is 7.14. The highest BCUT2D eigenvalue weighted by Gasteiger charge is 2.25. The maximum absolute atomic E-state index is 12.8. The Morgan fingerprint density at radius 3 is 2.83 bits per heavy atom. The Hall–Kier alpha value is -2.05. The van der Waals surface area contributed by atoms with E-state index in [-0.39, 0.29) is 24.2 Å². The summed E-state index contributed by atoms with van der Waals surface area (Å²) in [6.07, 6.45) is 1.82. The van der Waals surface area contributed by atoms with Crippen molar-refractivity contribution in [1.82, 2.24) is 5.32 Å². The van der Waals surface area contributed by atoms with Gasteiger partial charge in [0.05, 0.1) is 11.4 Å². The molecule has 1 aliphatic heterocycles. The first kappa shape index (κ1) is 18.3. The summed E-state index contributed by atoms with van der Waals surface area (Å²) in [5.41, 5.74) is 8.76. The zero-order valence-electron chi connectivity index (χ0n) is 13.4. The second-order valence-electron chi connectivity index (χ2n) is 5.58. The molecular formula is C17H20ClN3O2S. The summed E-state index contributed by atoms with van der Waals surface area (Å²) >= 11 is 1.42. The van der Waals surface area contributed by atoms with Gasteiger partial charge in [-0.05, 0) is 42.7 Å². The standard InChI is InChI=1S/C17H19N3O2S.ClH/c1-11(21)19-10-12-7-8-16(23-12)17(22)20-9-3-4-13-14(18)5-2-6-15(13)20;/h2,5-8H,3-4,9-10,18H2,1H3,(H,19,21);1H. The van der Waals surface area contributed by atoms with Crippen molar-refractivity contribution in [3.05, 3.63) is 45.6 Å². The van der Waals surface area contributed by atoms with E-state index in [9.17, 15) is 9.59 Å². The maximum atomic E-state index is 12.8. The lowest BCUT2D eigenvalue weighted by atomic mass is 10.00. The van der Waals surface area contributed by atoms with Crippen LogP contribution in [0.1, 0.15) is 33.5 Å². The van der Waals surface area contributed by atoms with Crippen LogP contribution in [0, 0.1) is 0 Å². The second-order valence-corrected chi connectivity index (χ2v) is 6.75. The first-order chi connectivity index (χ1) is 11.1. The molecule has 128 valence electrons. The summed E-state index contributed by atoms with van der Waals surface area (Å²) in [4.78, 5) is 27.3. The molecule has 0 unspecified atom stereocenters. The fourth-order valence-corrected chi connectivity index (χ4v) is 3.69. The predicted molar refractivity (Wildman–Crippen MR) is 99.9 cm³/mol. The van der Waals surface area contributed by atoms with Gasteiger partial charge in [0.15, 0.2) is 0 Å². The highest BCUT2D eigenvalue weighted by atomic mass is 35.5. The fraction of sp³-hybridized carbons (Fsp3) is 0.294. The molecule has 5 nitrogen and oxygen atoms in total. The number of carbonyl (C=O) groups is 2. The zero-order chi connectivity index (χ0) is 16.4. The van der Waals surface area contributed by atoms with E-state index in [1.807, 2.05) is 35.2 Å². The molecule has 3 rings (SSSR count). The quantitative estimate of drug-likeness (QED) is 0.821. The summed E-state index contributed by atoms with van der Waals surface area (Å²) in [6.45, 7) is 2.64. The summed E-state index contributed by atoms with van der Waals surface area (Å²) < 4.78 is 0. The molecule has 0 atom stereocenters. The van der Waals surface area contributed by atoms with Gasteiger partial charge in [0.1, 0.15) is 0 Å². The van der Waals surface area contributed by atoms with E-state index in [4.69, 9.17) is 5.73 Å². The predicted octanol–water partition coefficient (Wildman–Crippen LogP) is 2.98. The molecule has 1 aromatic heterocycles. The number of nitrogens with one attached hydrogen (secondary N) is 1. The minimum absolute atomic E-state index is 0. The summed E-state index contributed by atoms with van der Waals surface area (Å²) in [5.74, 6) is -0.0812. The number of carbonyl (C=O) groups excluding carboxylic acids is 2. The number of halogens is 1. The van der Waals surface area contributed by atoms with Crippen LogP contribution in [0.5, 0.6) is 0 Å². The largest absolute Gasteiger partial charge is 0.398 e. The molecule has 0 radical (unpaired) electrons. The Balaban J connectivity index is 0.00000208. The van der Waals surface area contributed by atoms with Gasteiger partial charge in [-0.1, -0.05) is 6.07 Å². The average molecular weight is 366 g/mol. The van der Waals surface area contributed by atoms with E-state index in [0.717, 1.165) is 34.7 Å². The number of amides is 2. The Morgan fingerprint density at radius 2 is 2.08 bits per heavy atom. The molecule has 0 bridgehead atoms. The molecule has 2 amide bonds. The number of anilines is 2. The van der Waals surface area contributed by atoms with Gasteiger partial charge in [-0.3, -0.25) is 9.59 Å². The number of nitrogen functional groups attached to an aromatic ring is 1. The molecule has 24 heavy (non-hydrogen) atoms. The summed E-state index contributed by atoms with van der Waals surface area (Å²) in [6, 6.07) is 9.43. The third-order valence-corrected chi connectivity index (χ3v) is 4.99. The van der Waals surface area contributed by atoms with Crippen LogP contribution in [-0.2, 0) is 17.8 Å². The van der Waals surface area contributed by atoms with Gasteiger partial charge in [0.2, 0.25) is 5.91 Å². The van der Waals surface area contributed by atoms with Gasteiger partial charge in [-0.15, -0.1) is 23.7 Å². The van der Waals surface area contributed by atoms with Gasteiger partial charge < -0.3 is 16.0 Å². The van der Waals surface area contributed by atoms with Crippen molar-refractivity contribution >= 4 is 46.9 Å². The molecule has 2 heterocycles. The van der Waals surface area contributed by atoms with Gasteiger partial charge in [-0.25, -0.2) is 0 Å². The summed E-state index contributed by atoms with van der Waals surface area (Å²) in [5, 5.41) is 2.75. The molecule has 2 aromatic rings. The first-order valence-electron chi connectivity index (χ1n) is 7.58. The van der Waals surface area contributed by atoms with Crippen LogP contribution in [0.3, 0.4) is 0 Å². The van der Waals surface area contributed by atoms with Crippen molar-refractivity contribution < 1.29 is 9.59 Å². The smallest absolute Gasteiger partial charge is 0.268 e. The number of hydrogen-bond acceptors (Lipinski definition) is 4. The SMILES string of the molecule is CC(=O)NCc1ccc(C(=O)N2CCCc3c(N)cccc32)s1.Cl. The van der Waals surface area contributed by atoms with E-state index in [2.05, 4.69) is 5.32 Å². The summed E-state index contributed by atoms with van der Waals surface area (Å²) in [7, 11) is 0. The Kier molecular flexibility index (Phi) is 5.85. The molecule has 0 saturated carbocycles. The van der Waals surface area contributed by atoms with Gasteiger partial charge >= 0.3 is 0 Å². The number of thiophene rings is 1. The minimum atomic E-state index is -0.0771. The van der Waals surface area contributed by atoms with E-state index in [1.54, 1.807) is 0 Å². The van der Waals surface area contributed by atoms with E-state index in [0.29, 0.717) is 18.0 Å². The Morgan fingerprint density at radius 1 is 1.29 bits per heavy atom. The van der Waals surface area contributed by atoms with Crippen LogP contribution in [-0.4, -0.2) is 18.4 Å². The second kappa shape index (κ2) is 7.68. The van der Waals surface area contributed by atoms with Crippen LogP contribution < -0.4 is 16.0 Å². The molecule has 0 fully saturated rings. The Bertz CT molecular complexity index is 760. The fourth-order valence-electron chi connectivity index (χ4n) is 2.80. The number of hydrogen-bond donors (Lipinski definition) is 2. The van der Waals surface area contributed by atoms with Crippen molar-refractivity contribution in [2.45, 2.75) is 26.3 Å². The molecule has 3 N–H and O–H groups in total. The topological polar surface area (TPSA) is 75.4 Å². The zero-order valence-corrected chi connectivity index (χ0v) is 15.0. The molecule has 1 aliphatic rings. The number of nitrogens with two attached hydrogens (primary N) is 1. The van der Waals surface area contributed by atoms with Crippen LogP contribution in [0.15, 0.2) is 30.3 Å². The minimum Gasteiger partial charge on any atom is -0.398 e. The number of fused-ring (bicyclic) bond motifs is 1. The van der Waals surface area contributed by atoms with E-state index in [1.165, 1.54) is 18.3 Å². The van der Waals surface area contributed by atoms with Crippen LogP contribution >= 0.6 is 23.7 Å². The van der Waals surface area contributed by atoms with Crippen molar-refractivity contribution in [3.63, 3.8) is 0 Å². The van der Waals surface area contributed by atoms with Crippen molar-refractivity contribution in [2.24, 2.45) is 0 Å². The lowest BCUT2D eigenvalue weighted by Crippen LogP contribution is -2.35. The van der Waals surface area contributed by atoms with E-state index >= 15 is 0 Å².